The van der Waals surface area contributed by atoms with Gasteiger partial charge in [-0.3, -0.25) is 4.98 Å². The second-order valence-electron chi connectivity index (χ2n) is 8.57. The third kappa shape index (κ3) is 5.22. The summed E-state index contributed by atoms with van der Waals surface area (Å²) in [5.41, 5.74) is 7.94. The molecule has 2 nitrogen and oxygen atoms in total. The summed E-state index contributed by atoms with van der Waals surface area (Å²) in [5, 5.41) is 3.44. The number of aromatic nitrogens is 1. The van der Waals surface area contributed by atoms with Crippen molar-refractivity contribution in [1.29, 1.82) is 0 Å². The molecule has 2 aromatic carbocycles. The lowest BCUT2D eigenvalue weighted by Crippen LogP contribution is -2.13. The van der Waals surface area contributed by atoms with Crippen molar-refractivity contribution < 1.29 is 4.39 Å². The quantitative estimate of drug-likeness (QED) is 0.432. The summed E-state index contributed by atoms with van der Waals surface area (Å²) in [4.78, 5) is 4.36. The summed E-state index contributed by atoms with van der Waals surface area (Å²) in [6.45, 7) is 7.08. The number of nitrogens with one attached hydrogen (secondary N) is 1. The summed E-state index contributed by atoms with van der Waals surface area (Å²) in [5.74, 6) is 0.544. The van der Waals surface area contributed by atoms with Crippen LogP contribution in [0.15, 0.2) is 67.5 Å². The maximum atomic E-state index is 13.6. The van der Waals surface area contributed by atoms with Crippen molar-refractivity contribution in [3.05, 3.63) is 95.6 Å². The first-order chi connectivity index (χ1) is 15.1. The highest BCUT2D eigenvalue weighted by Crippen LogP contribution is 2.33. The first-order valence-electron chi connectivity index (χ1n) is 11.4. The van der Waals surface area contributed by atoms with Crippen molar-refractivity contribution in [2.45, 2.75) is 52.0 Å². The topological polar surface area (TPSA) is 24.9 Å². The molecule has 0 atom stereocenters. The molecular weight excluding hydrogens is 383 g/mol. The summed E-state index contributed by atoms with van der Waals surface area (Å²) in [6, 6.07) is 15.6. The Labute approximate surface area is 185 Å². The summed E-state index contributed by atoms with van der Waals surface area (Å²) in [6.07, 6.45) is 11.2. The molecule has 1 saturated carbocycles. The predicted molar refractivity (Wildman–Crippen MR) is 127 cm³/mol. The van der Waals surface area contributed by atoms with Gasteiger partial charge in [0.1, 0.15) is 5.82 Å². The summed E-state index contributed by atoms with van der Waals surface area (Å²) in [7, 11) is 0. The first-order valence-corrected chi connectivity index (χ1v) is 11.4. The highest BCUT2D eigenvalue weighted by atomic mass is 19.1. The molecule has 0 saturated heterocycles. The molecule has 0 unspecified atom stereocenters. The molecule has 31 heavy (non-hydrogen) atoms. The van der Waals surface area contributed by atoms with Crippen LogP contribution in [-0.4, -0.2) is 4.98 Å². The molecule has 3 aromatic rings. The molecule has 4 rings (SSSR count). The van der Waals surface area contributed by atoms with Crippen molar-refractivity contribution in [2.24, 2.45) is 5.92 Å². The molecule has 1 N–H and O–H groups in total. The van der Waals surface area contributed by atoms with Crippen LogP contribution < -0.4 is 5.32 Å². The zero-order valence-corrected chi connectivity index (χ0v) is 18.3. The average Bonchev–Trinajstić information content (AvgIpc) is 3.31. The zero-order valence-electron chi connectivity index (χ0n) is 18.3. The first kappa shape index (κ1) is 21.3. The van der Waals surface area contributed by atoms with Crippen molar-refractivity contribution >= 4 is 5.70 Å². The minimum atomic E-state index is -0.211. The van der Waals surface area contributed by atoms with Gasteiger partial charge in [-0.2, -0.15) is 0 Å². The normalized spacial score (nSPS) is 14.0. The van der Waals surface area contributed by atoms with Crippen molar-refractivity contribution in [1.82, 2.24) is 10.3 Å². The lowest BCUT2D eigenvalue weighted by molar-refractivity contribution is 0.546. The monoisotopic (exact) mass is 414 g/mol. The van der Waals surface area contributed by atoms with Gasteiger partial charge >= 0.3 is 0 Å². The Morgan fingerprint density at radius 1 is 1.10 bits per heavy atom. The van der Waals surface area contributed by atoms with E-state index >= 15 is 0 Å². The molecule has 0 amide bonds. The van der Waals surface area contributed by atoms with E-state index in [4.69, 9.17) is 0 Å². The molecule has 0 spiro atoms. The van der Waals surface area contributed by atoms with E-state index in [0.717, 1.165) is 35.6 Å². The van der Waals surface area contributed by atoms with E-state index in [-0.39, 0.29) is 5.82 Å². The van der Waals surface area contributed by atoms with Crippen LogP contribution in [0.3, 0.4) is 0 Å². The number of aryl methyl sites for hydroxylation is 1. The van der Waals surface area contributed by atoms with E-state index in [0.29, 0.717) is 6.54 Å². The summed E-state index contributed by atoms with van der Waals surface area (Å²) < 4.78 is 13.6. The van der Waals surface area contributed by atoms with Gasteiger partial charge in [-0.15, -0.1) is 0 Å². The van der Waals surface area contributed by atoms with Gasteiger partial charge in [-0.1, -0.05) is 63.5 Å². The predicted octanol–water partition coefficient (Wildman–Crippen LogP) is 6.94. The molecular formula is C28H31FN2. The van der Waals surface area contributed by atoms with Crippen LogP contribution >= 0.6 is 0 Å². The van der Waals surface area contributed by atoms with Gasteiger partial charge in [-0.05, 0) is 65.3 Å². The number of hydrogen-bond donors (Lipinski definition) is 1. The maximum absolute atomic E-state index is 13.6. The van der Waals surface area contributed by atoms with E-state index in [9.17, 15) is 4.39 Å². The van der Waals surface area contributed by atoms with Crippen molar-refractivity contribution in [3.8, 4) is 11.1 Å². The van der Waals surface area contributed by atoms with Crippen LogP contribution in [0.5, 0.6) is 0 Å². The van der Waals surface area contributed by atoms with Crippen LogP contribution in [0.25, 0.3) is 16.8 Å². The maximum Gasteiger partial charge on any atom is 0.123 e. The van der Waals surface area contributed by atoms with Gasteiger partial charge < -0.3 is 5.32 Å². The van der Waals surface area contributed by atoms with Gasteiger partial charge in [0.2, 0.25) is 0 Å². The van der Waals surface area contributed by atoms with Crippen molar-refractivity contribution in [2.75, 3.05) is 0 Å². The van der Waals surface area contributed by atoms with Crippen LogP contribution in [0.1, 0.15) is 54.9 Å². The Balaban J connectivity index is 1.63. The second kappa shape index (κ2) is 9.91. The van der Waals surface area contributed by atoms with E-state index in [1.165, 1.54) is 54.0 Å². The largest absolute Gasteiger partial charge is 0.381 e. The van der Waals surface area contributed by atoms with E-state index in [1.807, 2.05) is 18.5 Å². The lowest BCUT2D eigenvalue weighted by Gasteiger charge is -2.19. The minimum absolute atomic E-state index is 0.211. The summed E-state index contributed by atoms with van der Waals surface area (Å²) >= 11 is 0. The Bertz CT molecular complexity index is 1050. The second-order valence-corrected chi connectivity index (χ2v) is 8.57. The smallest absolute Gasteiger partial charge is 0.123 e. The van der Waals surface area contributed by atoms with Crippen LogP contribution in [0, 0.1) is 11.7 Å². The van der Waals surface area contributed by atoms with Gasteiger partial charge in [0.15, 0.2) is 0 Å². The number of hydrogen-bond acceptors (Lipinski definition) is 2. The molecule has 1 aromatic heterocycles. The Morgan fingerprint density at radius 3 is 2.71 bits per heavy atom. The SMILES string of the molecule is C=C(NCc1cccc(F)c1)c1cc(-c2cnccc2CC)ccc1CC1CCCC1. The fourth-order valence-corrected chi connectivity index (χ4v) is 4.67. The highest BCUT2D eigenvalue weighted by molar-refractivity contribution is 5.74. The van der Waals surface area contributed by atoms with Crippen LogP contribution in [0.2, 0.25) is 0 Å². The molecule has 1 aliphatic carbocycles. The number of benzene rings is 2. The fraction of sp³-hybridized carbons (Fsp3) is 0.321. The Morgan fingerprint density at radius 2 is 1.94 bits per heavy atom. The molecule has 3 heteroatoms. The molecule has 160 valence electrons. The van der Waals surface area contributed by atoms with Crippen LogP contribution in [-0.2, 0) is 19.4 Å². The molecule has 1 fully saturated rings. The van der Waals surface area contributed by atoms with Gasteiger partial charge in [0, 0.05) is 35.8 Å². The Kier molecular flexibility index (Phi) is 6.81. The Hall–Kier alpha value is -2.94. The molecule has 0 bridgehead atoms. The van der Waals surface area contributed by atoms with Gasteiger partial charge in [0.05, 0.1) is 0 Å². The number of nitrogens with zero attached hydrogens (tertiary/aromatic N) is 1. The minimum Gasteiger partial charge on any atom is -0.381 e. The molecule has 0 aliphatic heterocycles. The van der Waals surface area contributed by atoms with Crippen LogP contribution in [0.4, 0.5) is 4.39 Å². The molecule has 1 heterocycles. The fourth-order valence-electron chi connectivity index (χ4n) is 4.67. The number of pyridine rings is 1. The number of halogens is 1. The molecule has 1 aliphatic rings. The van der Waals surface area contributed by atoms with Gasteiger partial charge in [0.25, 0.3) is 0 Å². The van der Waals surface area contributed by atoms with E-state index in [2.05, 4.69) is 48.1 Å². The third-order valence-electron chi connectivity index (χ3n) is 6.42. The molecule has 0 radical (unpaired) electrons. The van der Waals surface area contributed by atoms with E-state index in [1.54, 1.807) is 12.1 Å². The number of rotatable bonds is 8. The lowest BCUT2D eigenvalue weighted by atomic mass is 9.90. The average molecular weight is 415 g/mol. The van der Waals surface area contributed by atoms with E-state index < -0.39 is 0 Å². The van der Waals surface area contributed by atoms with Gasteiger partial charge in [-0.25, -0.2) is 4.39 Å². The van der Waals surface area contributed by atoms with Crippen molar-refractivity contribution in [3.63, 3.8) is 0 Å². The third-order valence-corrected chi connectivity index (χ3v) is 6.42. The standard InChI is InChI=1S/C28H31FN2/c1-3-23-13-14-30-19-28(23)25-12-11-24(15-21-7-4-5-8-21)27(17-25)20(2)31-18-22-9-6-10-26(29)16-22/h6,9-14,16-17,19,21,31H,2-5,7-8,15,18H2,1H3. The zero-order chi connectivity index (χ0) is 21.6. The highest BCUT2D eigenvalue weighted by Gasteiger charge is 2.18.